The first-order valence-electron chi connectivity index (χ1n) is 18.4. The van der Waals surface area contributed by atoms with E-state index >= 15 is 0 Å². The van der Waals surface area contributed by atoms with Gasteiger partial charge in [0.2, 0.25) is 0 Å². The maximum atomic E-state index is 4.94. The Labute approximate surface area is 350 Å². The minimum Gasteiger partial charge on any atom is -0.656 e. The molecule has 2 aliphatic rings. The molecular weight excluding hydrogens is 784 g/mol. The molecule has 277 valence electrons. The number of thiophene rings is 2. The summed E-state index contributed by atoms with van der Waals surface area (Å²) in [5.41, 5.74) is 9.99. The summed E-state index contributed by atoms with van der Waals surface area (Å²) in [4.78, 5) is 21.8. The van der Waals surface area contributed by atoms with Crippen LogP contribution in [-0.4, -0.2) is 11.4 Å². The first-order valence-corrected chi connectivity index (χ1v) is 20.1. The van der Waals surface area contributed by atoms with E-state index in [2.05, 4.69) is 144 Å². The maximum Gasteiger partial charge on any atom is 2.00 e. The summed E-state index contributed by atoms with van der Waals surface area (Å²) in [7, 11) is 0. The number of allylic oxidation sites excluding steroid dienone is 6. The SMILES string of the molecule is C1=C/C(=C/c2[n-]c(-c3ccccc3)c3ccccc23)N=C1/C=C/c1cccs1.C1=C/C(=C/c2[n-]c(-c3ccccc3)c3ccccc23)N=C1/C=C/c1cccs1.[Cu+2]. The van der Waals surface area contributed by atoms with Crippen molar-refractivity contribution >= 4 is 79.9 Å². The standard InChI is InChI=1S/2C25H17N2S.Cu/c2*1-2-7-18(8-3-1)25-23-11-5-4-10-22(23)24(27-25)17-20-13-12-19(26-20)14-15-21-9-6-16-28-21;/h2*1-17H;/q2*-1;+2/b2*15-14+,20-17-;. The molecule has 0 fully saturated rings. The molecule has 57 heavy (non-hydrogen) atoms. The molecule has 0 saturated carbocycles. The van der Waals surface area contributed by atoms with Crippen LogP contribution in [0.25, 0.3) is 68.4 Å². The van der Waals surface area contributed by atoms with Crippen molar-refractivity contribution in [3.8, 4) is 22.5 Å². The van der Waals surface area contributed by atoms with Gasteiger partial charge in [-0.2, -0.15) is 0 Å². The molecule has 0 bridgehead atoms. The van der Waals surface area contributed by atoms with E-state index in [1.807, 2.05) is 60.7 Å². The number of aliphatic imine (C=N–C) groups is 2. The molecule has 0 unspecified atom stereocenters. The van der Waals surface area contributed by atoms with E-state index in [0.717, 1.165) is 67.5 Å². The van der Waals surface area contributed by atoms with Gasteiger partial charge in [0.1, 0.15) is 0 Å². The average Bonchev–Trinajstić information content (AvgIpc) is 4.12. The van der Waals surface area contributed by atoms with Crippen LogP contribution in [0.5, 0.6) is 0 Å². The Morgan fingerprint density at radius 1 is 0.404 bits per heavy atom. The van der Waals surface area contributed by atoms with Crippen LogP contribution in [0.4, 0.5) is 0 Å². The topological polar surface area (TPSA) is 52.9 Å². The van der Waals surface area contributed by atoms with Crippen molar-refractivity contribution in [3.63, 3.8) is 0 Å². The Bertz CT molecular complexity index is 2680. The number of benzene rings is 4. The van der Waals surface area contributed by atoms with Gasteiger partial charge in [0, 0.05) is 9.75 Å². The molecule has 0 atom stereocenters. The second-order valence-electron chi connectivity index (χ2n) is 13.1. The summed E-state index contributed by atoms with van der Waals surface area (Å²) < 4.78 is 0. The second-order valence-corrected chi connectivity index (χ2v) is 15.0. The molecule has 4 nitrogen and oxygen atoms in total. The molecule has 0 N–H and O–H groups in total. The summed E-state index contributed by atoms with van der Waals surface area (Å²) in [6.07, 6.45) is 20.6. The van der Waals surface area contributed by atoms with Crippen LogP contribution in [0.2, 0.25) is 0 Å². The van der Waals surface area contributed by atoms with Crippen molar-refractivity contribution < 1.29 is 17.1 Å². The molecule has 2 aliphatic heterocycles. The summed E-state index contributed by atoms with van der Waals surface area (Å²) in [5, 5.41) is 8.80. The van der Waals surface area contributed by atoms with Gasteiger partial charge in [-0.3, -0.25) is 0 Å². The molecule has 10 rings (SSSR count). The average molecular weight is 819 g/mol. The van der Waals surface area contributed by atoms with Gasteiger partial charge in [0.05, 0.1) is 22.8 Å². The predicted octanol–water partition coefficient (Wildman–Crippen LogP) is 13.2. The van der Waals surface area contributed by atoms with Crippen LogP contribution < -0.4 is 9.97 Å². The van der Waals surface area contributed by atoms with Gasteiger partial charge in [-0.1, -0.05) is 133 Å². The molecule has 0 aliphatic carbocycles. The van der Waals surface area contributed by atoms with E-state index in [-0.39, 0.29) is 17.1 Å². The van der Waals surface area contributed by atoms with Crippen molar-refractivity contribution in [2.24, 2.45) is 9.98 Å². The quantitative estimate of drug-likeness (QED) is 0.143. The second kappa shape index (κ2) is 17.6. The fourth-order valence-electron chi connectivity index (χ4n) is 6.68. The van der Waals surface area contributed by atoms with Gasteiger partial charge in [-0.25, -0.2) is 9.98 Å². The van der Waals surface area contributed by atoms with Gasteiger partial charge in [-0.15, -0.1) is 45.4 Å². The number of fused-ring (bicyclic) bond motifs is 2. The first-order chi connectivity index (χ1) is 27.7. The van der Waals surface area contributed by atoms with Crippen LogP contribution in [0.1, 0.15) is 21.1 Å². The van der Waals surface area contributed by atoms with E-state index in [1.54, 1.807) is 22.7 Å². The van der Waals surface area contributed by atoms with Crippen LogP contribution in [0, 0.1) is 0 Å². The van der Waals surface area contributed by atoms with Crippen molar-refractivity contribution in [2.75, 3.05) is 0 Å². The van der Waals surface area contributed by atoms with Gasteiger partial charge in [-0.05, 0) is 104 Å². The number of hydrogen-bond donors (Lipinski definition) is 0. The Morgan fingerprint density at radius 3 is 1.21 bits per heavy atom. The van der Waals surface area contributed by atoms with E-state index in [4.69, 9.17) is 20.0 Å². The van der Waals surface area contributed by atoms with Crippen LogP contribution in [0.15, 0.2) is 202 Å². The van der Waals surface area contributed by atoms with E-state index in [0.29, 0.717) is 0 Å². The zero-order valence-corrected chi connectivity index (χ0v) is 33.1. The van der Waals surface area contributed by atoms with E-state index in [9.17, 15) is 0 Å². The third-order valence-corrected chi connectivity index (χ3v) is 11.0. The minimum atomic E-state index is 0. The Morgan fingerprint density at radius 2 is 0.807 bits per heavy atom. The van der Waals surface area contributed by atoms with Crippen LogP contribution >= 0.6 is 22.7 Å². The Balaban J connectivity index is 0.000000157. The Hall–Kier alpha value is -6.34. The fourth-order valence-corrected chi connectivity index (χ4v) is 7.92. The molecule has 4 aromatic heterocycles. The fraction of sp³-hybridized carbons (Fsp3) is 0. The number of hydrogen-bond acceptors (Lipinski definition) is 4. The molecule has 6 heterocycles. The minimum absolute atomic E-state index is 0. The number of nitrogens with zero attached hydrogens (tertiary/aromatic N) is 4. The molecule has 1 radical (unpaired) electrons. The molecule has 4 aromatic carbocycles. The molecule has 0 amide bonds. The third-order valence-electron chi connectivity index (χ3n) is 9.33. The van der Waals surface area contributed by atoms with Crippen molar-refractivity contribution in [3.05, 3.63) is 213 Å². The van der Waals surface area contributed by atoms with Crippen molar-refractivity contribution in [2.45, 2.75) is 0 Å². The van der Waals surface area contributed by atoms with Crippen molar-refractivity contribution in [1.29, 1.82) is 0 Å². The zero-order valence-electron chi connectivity index (χ0n) is 30.5. The van der Waals surface area contributed by atoms with Gasteiger partial charge in [0.15, 0.2) is 0 Å². The van der Waals surface area contributed by atoms with E-state index < -0.39 is 0 Å². The summed E-state index contributed by atoms with van der Waals surface area (Å²) in [6.45, 7) is 0. The monoisotopic (exact) mass is 817 g/mol. The number of aromatic nitrogens is 2. The summed E-state index contributed by atoms with van der Waals surface area (Å²) in [5.74, 6) is 0. The predicted molar refractivity (Wildman–Crippen MR) is 241 cm³/mol. The summed E-state index contributed by atoms with van der Waals surface area (Å²) in [6, 6.07) is 45.7. The van der Waals surface area contributed by atoms with Gasteiger partial charge < -0.3 is 9.97 Å². The van der Waals surface area contributed by atoms with Crippen molar-refractivity contribution in [1.82, 2.24) is 9.97 Å². The van der Waals surface area contributed by atoms with E-state index in [1.165, 1.54) is 20.5 Å². The zero-order chi connectivity index (χ0) is 37.5. The molecule has 7 heteroatoms. The van der Waals surface area contributed by atoms with Crippen LogP contribution in [-0.2, 0) is 17.1 Å². The first kappa shape index (κ1) is 37.6. The van der Waals surface area contributed by atoms with Crippen LogP contribution in [0.3, 0.4) is 0 Å². The third kappa shape index (κ3) is 8.73. The largest absolute Gasteiger partial charge is 2.00 e. The normalized spacial score (nSPS) is 14.9. The maximum absolute atomic E-state index is 4.94. The summed E-state index contributed by atoms with van der Waals surface area (Å²) >= 11 is 3.44. The number of rotatable bonds is 8. The van der Waals surface area contributed by atoms with Gasteiger partial charge in [0.25, 0.3) is 0 Å². The molecule has 0 spiro atoms. The smallest absolute Gasteiger partial charge is 0.656 e. The van der Waals surface area contributed by atoms with Gasteiger partial charge >= 0.3 is 17.1 Å². The Kier molecular flexibility index (Phi) is 11.6. The molecule has 0 saturated heterocycles. The molecular formula is C50H34CuN4S2. The molecule has 8 aromatic rings.